The molecular weight excluding hydrogens is 312 g/mol. The molecule has 0 bridgehead atoms. The molecule has 3 heterocycles. The number of likely N-dealkylation sites (tertiary alicyclic amines) is 1. The molecule has 0 aliphatic carbocycles. The molecule has 2 amide bonds. The van der Waals surface area contributed by atoms with Crippen LogP contribution in [0.4, 0.5) is 0 Å². The van der Waals surface area contributed by atoms with E-state index in [2.05, 4.69) is 11.8 Å². The van der Waals surface area contributed by atoms with Gasteiger partial charge in [0.1, 0.15) is 5.70 Å². The number of carbonyl (C=O) groups excluding carboxylic acids is 2. The average molecular weight is 334 g/mol. The Morgan fingerprint density at radius 1 is 1.26 bits per heavy atom. The maximum absolute atomic E-state index is 12.9. The van der Waals surface area contributed by atoms with Gasteiger partial charge in [-0.15, -0.1) is 11.3 Å². The topological polar surface area (TPSA) is 49.9 Å². The molecule has 0 N–H and O–H groups in total. The molecule has 23 heavy (non-hydrogen) atoms. The summed E-state index contributed by atoms with van der Waals surface area (Å²) < 4.78 is 5.05. The third-order valence-electron chi connectivity index (χ3n) is 4.53. The van der Waals surface area contributed by atoms with Gasteiger partial charge in [-0.3, -0.25) is 14.5 Å². The van der Waals surface area contributed by atoms with Crippen LogP contribution in [-0.4, -0.2) is 55.0 Å². The van der Waals surface area contributed by atoms with E-state index in [1.165, 1.54) is 16.2 Å². The standard InChI is InChI=1S/C17H22N2O3S/c1-12-5-7-18(8-6-12)15-14(13-4-3-11-23-13)16(20)19(17(15)21)9-10-22-2/h3-4,11-12H,5-10H2,1-2H3. The highest BCUT2D eigenvalue weighted by Crippen LogP contribution is 2.35. The van der Waals surface area contributed by atoms with Crippen LogP contribution in [0.5, 0.6) is 0 Å². The van der Waals surface area contributed by atoms with Crippen molar-refractivity contribution in [3.63, 3.8) is 0 Å². The van der Waals surface area contributed by atoms with Crippen LogP contribution in [0.1, 0.15) is 24.6 Å². The van der Waals surface area contributed by atoms with E-state index in [1.54, 1.807) is 7.11 Å². The number of carbonyl (C=O) groups is 2. The molecule has 0 unspecified atom stereocenters. The molecule has 1 fully saturated rings. The molecule has 1 aromatic heterocycles. The van der Waals surface area contributed by atoms with Gasteiger partial charge in [-0.05, 0) is 30.2 Å². The second-order valence-electron chi connectivity index (χ2n) is 6.13. The Morgan fingerprint density at radius 2 is 2.00 bits per heavy atom. The first-order valence-electron chi connectivity index (χ1n) is 8.01. The van der Waals surface area contributed by atoms with E-state index < -0.39 is 0 Å². The summed E-state index contributed by atoms with van der Waals surface area (Å²) >= 11 is 1.50. The zero-order valence-corrected chi connectivity index (χ0v) is 14.4. The minimum atomic E-state index is -0.192. The predicted molar refractivity (Wildman–Crippen MR) is 89.8 cm³/mol. The molecule has 6 heteroatoms. The molecule has 0 atom stereocenters. The van der Waals surface area contributed by atoms with Gasteiger partial charge in [0, 0.05) is 25.1 Å². The Kier molecular flexibility index (Phi) is 4.82. The number of piperidine rings is 1. The minimum absolute atomic E-state index is 0.176. The van der Waals surface area contributed by atoms with E-state index in [0.717, 1.165) is 30.8 Å². The van der Waals surface area contributed by atoms with Crippen molar-refractivity contribution in [2.24, 2.45) is 5.92 Å². The van der Waals surface area contributed by atoms with Crippen molar-refractivity contribution in [3.05, 3.63) is 28.1 Å². The molecule has 124 valence electrons. The summed E-state index contributed by atoms with van der Waals surface area (Å²) in [5, 5.41) is 1.94. The van der Waals surface area contributed by atoms with Gasteiger partial charge in [0.05, 0.1) is 18.7 Å². The number of thiophene rings is 1. The maximum Gasteiger partial charge on any atom is 0.277 e. The van der Waals surface area contributed by atoms with Gasteiger partial charge in [-0.2, -0.15) is 0 Å². The minimum Gasteiger partial charge on any atom is -0.383 e. The number of methoxy groups -OCH3 is 1. The number of imide groups is 1. The first-order chi connectivity index (χ1) is 11.1. The molecule has 0 saturated carbocycles. The summed E-state index contributed by atoms with van der Waals surface area (Å²) in [6.45, 7) is 4.57. The van der Waals surface area contributed by atoms with E-state index in [1.807, 2.05) is 17.5 Å². The Hall–Kier alpha value is -1.66. The van der Waals surface area contributed by atoms with Gasteiger partial charge < -0.3 is 9.64 Å². The zero-order chi connectivity index (χ0) is 16.4. The molecular formula is C17H22N2O3S. The largest absolute Gasteiger partial charge is 0.383 e. The van der Waals surface area contributed by atoms with Crippen molar-refractivity contribution >= 4 is 28.7 Å². The van der Waals surface area contributed by atoms with Crippen molar-refractivity contribution < 1.29 is 14.3 Å². The monoisotopic (exact) mass is 334 g/mol. The maximum atomic E-state index is 12.9. The smallest absolute Gasteiger partial charge is 0.277 e. The van der Waals surface area contributed by atoms with Crippen molar-refractivity contribution in [1.29, 1.82) is 0 Å². The Balaban J connectivity index is 1.95. The van der Waals surface area contributed by atoms with Crippen molar-refractivity contribution in [2.75, 3.05) is 33.4 Å². The lowest BCUT2D eigenvalue weighted by molar-refractivity contribution is -0.138. The summed E-state index contributed by atoms with van der Waals surface area (Å²) in [5.41, 5.74) is 1.15. The Labute approximate surface area is 140 Å². The van der Waals surface area contributed by atoms with E-state index in [-0.39, 0.29) is 11.8 Å². The number of hydrogen-bond donors (Lipinski definition) is 0. The second-order valence-corrected chi connectivity index (χ2v) is 7.07. The van der Waals surface area contributed by atoms with Gasteiger partial charge in [0.15, 0.2) is 0 Å². The second kappa shape index (κ2) is 6.84. The number of ether oxygens (including phenoxy) is 1. The van der Waals surface area contributed by atoms with Gasteiger partial charge >= 0.3 is 0 Å². The van der Waals surface area contributed by atoms with Crippen molar-refractivity contribution in [3.8, 4) is 0 Å². The number of rotatable bonds is 5. The lowest BCUT2D eigenvalue weighted by Crippen LogP contribution is -2.39. The van der Waals surface area contributed by atoms with E-state index >= 15 is 0 Å². The fraction of sp³-hybridized carbons (Fsp3) is 0.529. The Bertz CT molecular complexity index is 616. The predicted octanol–water partition coefficient (Wildman–Crippen LogP) is 2.21. The third kappa shape index (κ3) is 3.05. The van der Waals surface area contributed by atoms with E-state index in [4.69, 9.17) is 4.74 Å². The highest BCUT2D eigenvalue weighted by molar-refractivity contribution is 7.11. The van der Waals surface area contributed by atoms with Gasteiger partial charge in [-0.25, -0.2) is 0 Å². The van der Waals surface area contributed by atoms with Crippen LogP contribution in [0.2, 0.25) is 0 Å². The molecule has 0 aromatic carbocycles. The van der Waals surface area contributed by atoms with Crippen LogP contribution in [-0.2, 0) is 14.3 Å². The summed E-state index contributed by atoms with van der Waals surface area (Å²) in [4.78, 5) is 30.0. The van der Waals surface area contributed by atoms with E-state index in [0.29, 0.717) is 30.3 Å². The van der Waals surface area contributed by atoms with Crippen LogP contribution in [0, 0.1) is 5.92 Å². The molecule has 2 aliphatic heterocycles. The summed E-state index contributed by atoms with van der Waals surface area (Å²) in [7, 11) is 1.57. The van der Waals surface area contributed by atoms with Crippen LogP contribution >= 0.6 is 11.3 Å². The van der Waals surface area contributed by atoms with Crippen LogP contribution in [0.15, 0.2) is 23.2 Å². The SMILES string of the molecule is COCCN1C(=O)C(c2cccs2)=C(N2CCC(C)CC2)C1=O. The van der Waals surface area contributed by atoms with Gasteiger partial charge in [0.2, 0.25) is 0 Å². The zero-order valence-electron chi connectivity index (χ0n) is 13.6. The van der Waals surface area contributed by atoms with Gasteiger partial charge in [0.25, 0.3) is 11.8 Å². The number of nitrogens with zero attached hydrogens (tertiary/aromatic N) is 2. The average Bonchev–Trinajstić information content (AvgIpc) is 3.14. The summed E-state index contributed by atoms with van der Waals surface area (Å²) in [6, 6.07) is 3.83. The molecule has 3 rings (SSSR count). The highest BCUT2D eigenvalue weighted by Gasteiger charge is 2.42. The van der Waals surface area contributed by atoms with Crippen LogP contribution in [0.25, 0.3) is 5.57 Å². The third-order valence-corrected chi connectivity index (χ3v) is 5.42. The molecule has 5 nitrogen and oxygen atoms in total. The molecule has 1 aromatic rings. The van der Waals surface area contributed by atoms with E-state index in [9.17, 15) is 9.59 Å². The lowest BCUT2D eigenvalue weighted by Gasteiger charge is -2.32. The number of hydrogen-bond acceptors (Lipinski definition) is 5. The molecule has 0 spiro atoms. The normalized spacial score (nSPS) is 20.1. The van der Waals surface area contributed by atoms with Crippen molar-refractivity contribution in [1.82, 2.24) is 9.80 Å². The summed E-state index contributed by atoms with van der Waals surface area (Å²) in [5.74, 6) is 0.307. The first kappa shape index (κ1) is 16.2. The first-order valence-corrected chi connectivity index (χ1v) is 8.89. The molecule has 0 radical (unpaired) electrons. The van der Waals surface area contributed by atoms with Crippen LogP contribution in [0.3, 0.4) is 0 Å². The highest BCUT2D eigenvalue weighted by atomic mass is 32.1. The van der Waals surface area contributed by atoms with Gasteiger partial charge in [-0.1, -0.05) is 13.0 Å². The van der Waals surface area contributed by atoms with Crippen LogP contribution < -0.4 is 0 Å². The molecule has 2 aliphatic rings. The fourth-order valence-electron chi connectivity index (χ4n) is 3.12. The summed E-state index contributed by atoms with van der Waals surface area (Å²) in [6.07, 6.45) is 2.11. The number of amides is 2. The Morgan fingerprint density at radius 3 is 2.61 bits per heavy atom. The quantitative estimate of drug-likeness (QED) is 0.775. The lowest BCUT2D eigenvalue weighted by atomic mass is 9.98. The molecule has 1 saturated heterocycles. The fourth-order valence-corrected chi connectivity index (χ4v) is 3.88. The van der Waals surface area contributed by atoms with Crippen molar-refractivity contribution in [2.45, 2.75) is 19.8 Å².